The zero-order valence-electron chi connectivity index (χ0n) is 12.8. The summed E-state index contributed by atoms with van der Waals surface area (Å²) in [6, 6.07) is 11.7. The molecule has 3 heterocycles. The number of aromatic carboxylic acids is 1. The number of carboxylic acid groups (broad SMARTS) is 1. The number of hydrogen-bond donors (Lipinski definition) is 1. The fraction of sp³-hybridized carbons (Fsp3) is 0.389. The number of rotatable bonds is 3. The number of piperidine rings is 1. The lowest BCUT2D eigenvalue weighted by Crippen LogP contribution is -2.43. The average Bonchev–Trinajstić information content (AvgIpc) is 2.85. The van der Waals surface area contributed by atoms with Gasteiger partial charge in [-0.2, -0.15) is 0 Å². The maximum absolute atomic E-state index is 10.9. The van der Waals surface area contributed by atoms with Crippen molar-refractivity contribution in [3.63, 3.8) is 0 Å². The maximum Gasteiger partial charge on any atom is 0.356 e. The van der Waals surface area contributed by atoms with Crippen LogP contribution in [0, 0.1) is 0 Å². The second-order valence-corrected chi connectivity index (χ2v) is 6.44. The highest BCUT2D eigenvalue weighted by Crippen LogP contribution is 2.44. The molecule has 0 aliphatic carbocycles. The van der Waals surface area contributed by atoms with Crippen LogP contribution in [0.5, 0.6) is 0 Å². The van der Waals surface area contributed by atoms with Gasteiger partial charge >= 0.3 is 5.97 Å². The summed E-state index contributed by atoms with van der Waals surface area (Å²) in [5, 5.41) is 8.95. The van der Waals surface area contributed by atoms with E-state index in [1.54, 1.807) is 6.20 Å². The van der Waals surface area contributed by atoms with Gasteiger partial charge in [0.1, 0.15) is 5.82 Å². The normalized spacial score (nSPS) is 26.3. The van der Waals surface area contributed by atoms with Crippen LogP contribution in [-0.4, -0.2) is 33.1 Å². The van der Waals surface area contributed by atoms with Crippen LogP contribution < -0.4 is 4.90 Å². The number of anilines is 1. The molecular weight excluding hydrogens is 290 g/mol. The summed E-state index contributed by atoms with van der Waals surface area (Å²) in [7, 11) is 0. The van der Waals surface area contributed by atoms with Crippen LogP contribution >= 0.6 is 0 Å². The number of benzene rings is 1. The number of fused-ring (bicyclic) bond motifs is 2. The molecule has 23 heavy (non-hydrogen) atoms. The van der Waals surface area contributed by atoms with Gasteiger partial charge in [0.15, 0.2) is 5.69 Å². The lowest BCUT2D eigenvalue weighted by Gasteiger charge is -2.39. The van der Waals surface area contributed by atoms with Crippen molar-refractivity contribution in [1.82, 2.24) is 9.97 Å². The van der Waals surface area contributed by atoms with Crippen molar-refractivity contribution in [1.29, 1.82) is 0 Å². The van der Waals surface area contributed by atoms with Crippen molar-refractivity contribution in [3.05, 3.63) is 54.0 Å². The van der Waals surface area contributed by atoms with E-state index in [0.29, 0.717) is 18.0 Å². The van der Waals surface area contributed by atoms with Crippen molar-refractivity contribution in [2.75, 3.05) is 4.90 Å². The second-order valence-electron chi connectivity index (χ2n) is 6.44. The van der Waals surface area contributed by atoms with Gasteiger partial charge in [-0.15, -0.1) is 0 Å². The molecule has 1 aromatic heterocycles. The zero-order valence-corrected chi connectivity index (χ0v) is 12.8. The summed E-state index contributed by atoms with van der Waals surface area (Å²) in [5.74, 6) is 0.389. The van der Waals surface area contributed by atoms with E-state index in [-0.39, 0.29) is 5.69 Å². The SMILES string of the molecule is O=C(O)c1cnc(N2[C@@H]3CC[C@H]2CC(c2ccccc2)C3)cn1. The summed E-state index contributed by atoms with van der Waals surface area (Å²) in [4.78, 5) is 21.6. The Morgan fingerprint density at radius 3 is 2.30 bits per heavy atom. The molecule has 0 spiro atoms. The standard InChI is InChI=1S/C18H19N3O2/c22-18(23)16-10-20-17(11-19-16)21-14-6-7-15(21)9-13(8-14)12-4-2-1-3-5-12/h1-5,10-11,13-15H,6-9H2,(H,22,23)/t13?,14-,15+. The summed E-state index contributed by atoms with van der Waals surface area (Å²) in [6.45, 7) is 0. The number of nitrogens with zero attached hydrogens (tertiary/aromatic N) is 3. The topological polar surface area (TPSA) is 66.3 Å². The minimum Gasteiger partial charge on any atom is -0.476 e. The van der Waals surface area contributed by atoms with Gasteiger partial charge in [-0.3, -0.25) is 0 Å². The van der Waals surface area contributed by atoms with E-state index in [1.807, 2.05) is 0 Å². The Balaban J connectivity index is 1.55. The molecule has 1 aromatic carbocycles. The summed E-state index contributed by atoms with van der Waals surface area (Å²) >= 11 is 0. The lowest BCUT2D eigenvalue weighted by molar-refractivity contribution is 0.0690. The number of hydrogen-bond acceptors (Lipinski definition) is 4. The van der Waals surface area contributed by atoms with E-state index in [1.165, 1.54) is 24.6 Å². The highest BCUT2D eigenvalue weighted by Gasteiger charge is 2.41. The first kappa shape index (κ1) is 14.2. The lowest BCUT2D eigenvalue weighted by atomic mass is 9.85. The van der Waals surface area contributed by atoms with Crippen molar-refractivity contribution in [3.8, 4) is 0 Å². The molecule has 5 heteroatoms. The largest absolute Gasteiger partial charge is 0.476 e. The first-order valence-corrected chi connectivity index (χ1v) is 8.11. The van der Waals surface area contributed by atoms with E-state index < -0.39 is 5.97 Å². The highest BCUT2D eigenvalue weighted by molar-refractivity contribution is 5.84. The summed E-state index contributed by atoms with van der Waals surface area (Å²) < 4.78 is 0. The first-order chi connectivity index (χ1) is 11.2. The summed E-state index contributed by atoms with van der Waals surface area (Å²) in [6.07, 6.45) is 7.58. The zero-order chi connectivity index (χ0) is 15.8. The van der Waals surface area contributed by atoms with Crippen LogP contribution in [0.25, 0.3) is 0 Å². The smallest absolute Gasteiger partial charge is 0.356 e. The Morgan fingerprint density at radius 1 is 1.04 bits per heavy atom. The fourth-order valence-electron chi connectivity index (χ4n) is 4.11. The van der Waals surface area contributed by atoms with Gasteiger partial charge in [-0.05, 0) is 37.2 Å². The van der Waals surface area contributed by atoms with Crippen molar-refractivity contribution < 1.29 is 9.90 Å². The molecule has 2 aromatic rings. The predicted molar refractivity (Wildman–Crippen MR) is 86.7 cm³/mol. The third-order valence-corrected chi connectivity index (χ3v) is 5.13. The van der Waals surface area contributed by atoms with E-state index in [4.69, 9.17) is 5.11 Å². The van der Waals surface area contributed by atoms with Gasteiger partial charge in [0.25, 0.3) is 0 Å². The molecule has 2 aliphatic heterocycles. The molecule has 3 atom stereocenters. The van der Waals surface area contributed by atoms with E-state index in [9.17, 15) is 4.79 Å². The third-order valence-electron chi connectivity index (χ3n) is 5.13. The van der Waals surface area contributed by atoms with E-state index >= 15 is 0 Å². The number of carboxylic acids is 1. The summed E-state index contributed by atoms with van der Waals surface area (Å²) in [5.41, 5.74) is 1.43. The Bertz CT molecular complexity index is 688. The maximum atomic E-state index is 10.9. The van der Waals surface area contributed by atoms with Crippen LogP contribution in [0.2, 0.25) is 0 Å². The second kappa shape index (κ2) is 5.65. The molecule has 0 radical (unpaired) electrons. The molecule has 2 saturated heterocycles. The van der Waals surface area contributed by atoms with Crippen LogP contribution in [0.15, 0.2) is 42.7 Å². The van der Waals surface area contributed by atoms with Gasteiger partial charge in [0.2, 0.25) is 0 Å². The molecular formula is C18H19N3O2. The number of aromatic nitrogens is 2. The minimum atomic E-state index is -1.03. The Kier molecular flexibility index (Phi) is 3.48. The van der Waals surface area contributed by atoms with Crippen LogP contribution in [0.1, 0.15) is 47.7 Å². The molecule has 1 N–H and O–H groups in total. The average molecular weight is 309 g/mol. The molecule has 2 aliphatic rings. The van der Waals surface area contributed by atoms with Crippen LogP contribution in [-0.2, 0) is 0 Å². The molecule has 0 saturated carbocycles. The van der Waals surface area contributed by atoms with Crippen LogP contribution in [0.3, 0.4) is 0 Å². The highest BCUT2D eigenvalue weighted by atomic mass is 16.4. The minimum absolute atomic E-state index is 0.000249. The molecule has 2 fully saturated rings. The van der Waals surface area contributed by atoms with Crippen molar-refractivity contribution in [2.45, 2.75) is 43.7 Å². The molecule has 2 bridgehead atoms. The predicted octanol–water partition coefficient (Wildman–Crippen LogP) is 3.09. The monoisotopic (exact) mass is 309 g/mol. The van der Waals surface area contributed by atoms with Gasteiger partial charge < -0.3 is 10.0 Å². The van der Waals surface area contributed by atoms with Gasteiger partial charge in [-0.1, -0.05) is 30.3 Å². The molecule has 1 unspecified atom stereocenters. The Labute approximate surface area is 135 Å². The van der Waals surface area contributed by atoms with E-state index in [0.717, 1.165) is 18.7 Å². The van der Waals surface area contributed by atoms with E-state index in [2.05, 4.69) is 45.2 Å². The van der Waals surface area contributed by atoms with Gasteiger partial charge in [0, 0.05) is 12.1 Å². The Hall–Kier alpha value is -2.43. The fourth-order valence-corrected chi connectivity index (χ4v) is 4.11. The van der Waals surface area contributed by atoms with Gasteiger partial charge in [-0.25, -0.2) is 14.8 Å². The van der Waals surface area contributed by atoms with Crippen molar-refractivity contribution in [2.24, 2.45) is 0 Å². The van der Waals surface area contributed by atoms with Gasteiger partial charge in [0.05, 0.1) is 12.4 Å². The Morgan fingerprint density at radius 2 is 1.74 bits per heavy atom. The first-order valence-electron chi connectivity index (χ1n) is 8.11. The molecule has 118 valence electrons. The quantitative estimate of drug-likeness (QED) is 0.943. The van der Waals surface area contributed by atoms with Crippen LogP contribution in [0.4, 0.5) is 5.82 Å². The van der Waals surface area contributed by atoms with Crippen molar-refractivity contribution >= 4 is 11.8 Å². The molecule has 4 rings (SSSR count). The molecule has 5 nitrogen and oxygen atoms in total. The number of carbonyl (C=O) groups is 1. The third kappa shape index (κ3) is 2.56. The molecule has 0 amide bonds.